The third kappa shape index (κ3) is 10.2. The molecule has 0 amide bonds. The zero-order chi connectivity index (χ0) is 27.5. The Balaban J connectivity index is 2.21. The summed E-state index contributed by atoms with van der Waals surface area (Å²) in [7, 11) is 0. The Kier molecular flexibility index (Phi) is 15.3. The molecule has 0 aliphatic heterocycles. The van der Waals surface area contributed by atoms with Gasteiger partial charge in [-0.25, -0.2) is 0 Å². The quantitative estimate of drug-likeness (QED) is 0.108. The Bertz CT molecular complexity index is 1030. The Morgan fingerprint density at radius 2 is 1.11 bits per heavy atom. The molecule has 5 nitrogen and oxygen atoms in total. The number of hydrogen-bond acceptors (Lipinski definition) is 5. The van der Waals surface area contributed by atoms with Crippen LogP contribution in [-0.4, -0.2) is 25.2 Å². The van der Waals surface area contributed by atoms with Crippen LogP contribution in [0.5, 0.6) is 11.5 Å². The molecule has 0 aliphatic rings. The van der Waals surface area contributed by atoms with Crippen molar-refractivity contribution in [1.82, 2.24) is 0 Å². The largest absolute Gasteiger partial charge is 0.492 e. The van der Waals surface area contributed by atoms with Gasteiger partial charge in [-0.1, -0.05) is 26.7 Å². The van der Waals surface area contributed by atoms with Gasteiger partial charge in [0.25, 0.3) is 0 Å². The molecule has 0 saturated carbocycles. The van der Waals surface area contributed by atoms with Crippen molar-refractivity contribution in [3.8, 4) is 11.5 Å². The van der Waals surface area contributed by atoms with Gasteiger partial charge >= 0.3 is 11.9 Å². The van der Waals surface area contributed by atoms with Crippen molar-refractivity contribution in [2.75, 3.05) is 13.2 Å². The standard InChI is InChI=1S/C28H34I4O5/c1-5-9-19(27(33)36-8-4)11-17-15-23(31)26(24(32)16-17)37-28(34)20(10-6-2)12-18-13-21(29)25(35-7-3)22(30)14-18/h13-16,19-20H,5-12H2,1-4H3/t19-,20-/m0/s1. The van der Waals surface area contributed by atoms with Gasteiger partial charge in [-0.05, 0) is 165 Å². The minimum atomic E-state index is -0.237. The van der Waals surface area contributed by atoms with Gasteiger partial charge in [0.15, 0.2) is 5.75 Å². The molecule has 9 heteroatoms. The molecule has 2 aromatic carbocycles. The Hall–Kier alpha value is 0.1000. The SMILES string of the molecule is CCC[C@@H](Cc1cc(I)c(OC(=O)[C@@H](CCC)Cc2cc(I)c(OCC)c(I)c2)c(I)c1)C(=O)OCC. The van der Waals surface area contributed by atoms with Crippen LogP contribution >= 0.6 is 90.4 Å². The number of esters is 2. The summed E-state index contributed by atoms with van der Waals surface area (Å²) in [6, 6.07) is 8.23. The van der Waals surface area contributed by atoms with Gasteiger partial charge in [0.1, 0.15) is 5.75 Å². The molecule has 204 valence electrons. The molecule has 0 fully saturated rings. The van der Waals surface area contributed by atoms with E-state index in [0.29, 0.717) is 31.8 Å². The molecular weight excluding hydrogens is 924 g/mol. The Labute approximate surface area is 275 Å². The fourth-order valence-corrected chi connectivity index (χ4v) is 8.48. The van der Waals surface area contributed by atoms with E-state index in [0.717, 1.165) is 56.8 Å². The number of halogens is 4. The normalized spacial score (nSPS) is 12.6. The van der Waals surface area contributed by atoms with Crippen LogP contribution in [0.15, 0.2) is 24.3 Å². The van der Waals surface area contributed by atoms with Crippen LogP contribution in [0.2, 0.25) is 0 Å². The van der Waals surface area contributed by atoms with Crippen LogP contribution in [-0.2, 0) is 27.2 Å². The summed E-state index contributed by atoms with van der Waals surface area (Å²) >= 11 is 9.03. The molecule has 0 spiro atoms. The van der Waals surface area contributed by atoms with E-state index in [1.807, 2.05) is 26.0 Å². The first-order valence-corrected chi connectivity index (χ1v) is 16.9. The predicted molar refractivity (Wildman–Crippen MR) is 181 cm³/mol. The lowest BCUT2D eigenvalue weighted by molar-refractivity contribution is -0.148. The maximum atomic E-state index is 13.3. The van der Waals surface area contributed by atoms with E-state index in [9.17, 15) is 9.59 Å². The maximum Gasteiger partial charge on any atom is 0.314 e. The van der Waals surface area contributed by atoms with E-state index in [2.05, 4.69) is 116 Å². The number of carbonyl (C=O) groups is 2. The third-order valence-corrected chi connectivity index (χ3v) is 9.00. The second kappa shape index (κ2) is 17.0. The van der Waals surface area contributed by atoms with Crippen LogP contribution in [0.4, 0.5) is 0 Å². The molecule has 2 atom stereocenters. The highest BCUT2D eigenvalue weighted by Crippen LogP contribution is 2.33. The van der Waals surface area contributed by atoms with Crippen molar-refractivity contribution in [3.63, 3.8) is 0 Å². The zero-order valence-corrected chi connectivity index (χ0v) is 30.3. The fraction of sp³-hybridized carbons (Fsp3) is 0.500. The summed E-state index contributed by atoms with van der Waals surface area (Å²) in [6.07, 6.45) is 4.58. The molecule has 0 N–H and O–H groups in total. The second-order valence-electron chi connectivity index (χ2n) is 8.76. The molecule has 0 bridgehead atoms. The van der Waals surface area contributed by atoms with Gasteiger partial charge in [0.2, 0.25) is 0 Å². The zero-order valence-electron chi connectivity index (χ0n) is 21.7. The fourth-order valence-electron chi connectivity index (χ4n) is 4.16. The van der Waals surface area contributed by atoms with Crippen LogP contribution in [0, 0.1) is 26.1 Å². The van der Waals surface area contributed by atoms with Gasteiger partial charge in [-0.3, -0.25) is 9.59 Å². The number of hydrogen-bond donors (Lipinski definition) is 0. The highest BCUT2D eigenvalue weighted by molar-refractivity contribution is 14.1. The van der Waals surface area contributed by atoms with Crippen molar-refractivity contribution >= 4 is 102 Å². The van der Waals surface area contributed by atoms with E-state index in [1.165, 1.54) is 0 Å². The van der Waals surface area contributed by atoms with Crippen LogP contribution in [0.3, 0.4) is 0 Å². The van der Waals surface area contributed by atoms with Crippen LogP contribution < -0.4 is 9.47 Å². The van der Waals surface area contributed by atoms with Gasteiger partial charge in [-0.2, -0.15) is 0 Å². The summed E-state index contributed by atoms with van der Waals surface area (Å²) in [5, 5.41) is 0. The predicted octanol–water partition coefficient (Wildman–Crippen LogP) is 8.59. The smallest absolute Gasteiger partial charge is 0.314 e. The number of carbonyl (C=O) groups excluding carboxylic acids is 2. The average molecular weight is 958 g/mol. The molecule has 2 aromatic rings. The van der Waals surface area contributed by atoms with Crippen molar-refractivity contribution in [3.05, 3.63) is 49.7 Å². The summed E-state index contributed by atoms with van der Waals surface area (Å²) in [5.74, 6) is 0.730. The van der Waals surface area contributed by atoms with Crippen molar-refractivity contribution < 1.29 is 23.8 Å². The molecule has 0 saturated heterocycles. The van der Waals surface area contributed by atoms with Crippen molar-refractivity contribution in [2.45, 2.75) is 66.2 Å². The lowest BCUT2D eigenvalue weighted by atomic mass is 9.94. The summed E-state index contributed by atoms with van der Waals surface area (Å²) in [4.78, 5) is 25.7. The summed E-state index contributed by atoms with van der Waals surface area (Å²) in [6.45, 7) is 8.98. The molecule has 0 aliphatic carbocycles. The molecule has 37 heavy (non-hydrogen) atoms. The molecule has 0 heterocycles. The number of benzene rings is 2. The van der Waals surface area contributed by atoms with Gasteiger partial charge in [-0.15, -0.1) is 0 Å². The monoisotopic (exact) mass is 958 g/mol. The molecule has 0 aromatic heterocycles. The highest BCUT2D eigenvalue weighted by atomic mass is 127. The third-order valence-electron chi connectivity index (χ3n) is 5.80. The Morgan fingerprint density at radius 1 is 0.676 bits per heavy atom. The Morgan fingerprint density at radius 3 is 1.51 bits per heavy atom. The topological polar surface area (TPSA) is 61.8 Å². The molecule has 0 unspecified atom stereocenters. The van der Waals surface area contributed by atoms with E-state index in [-0.39, 0.29) is 23.8 Å². The van der Waals surface area contributed by atoms with Crippen molar-refractivity contribution in [1.29, 1.82) is 0 Å². The van der Waals surface area contributed by atoms with Gasteiger partial charge in [0.05, 0.1) is 39.3 Å². The maximum absolute atomic E-state index is 13.3. The lowest BCUT2D eigenvalue weighted by Gasteiger charge is -2.19. The molecule has 0 radical (unpaired) electrons. The van der Waals surface area contributed by atoms with Crippen LogP contribution in [0.25, 0.3) is 0 Å². The lowest BCUT2D eigenvalue weighted by Crippen LogP contribution is -2.24. The minimum Gasteiger partial charge on any atom is -0.492 e. The molecular formula is C28H34I4O5. The van der Waals surface area contributed by atoms with Gasteiger partial charge in [0, 0.05) is 0 Å². The summed E-state index contributed by atoms with van der Waals surface area (Å²) in [5.41, 5.74) is 2.15. The number of ether oxygens (including phenoxy) is 3. The average Bonchev–Trinajstić information content (AvgIpc) is 2.83. The van der Waals surface area contributed by atoms with E-state index >= 15 is 0 Å². The first kappa shape index (κ1) is 33.3. The summed E-state index contributed by atoms with van der Waals surface area (Å²) < 4.78 is 20.9. The minimum absolute atomic E-state index is 0.147. The van der Waals surface area contributed by atoms with Crippen LogP contribution in [0.1, 0.15) is 64.5 Å². The van der Waals surface area contributed by atoms with Crippen molar-refractivity contribution in [2.24, 2.45) is 11.8 Å². The second-order valence-corrected chi connectivity index (χ2v) is 13.4. The first-order valence-electron chi connectivity index (χ1n) is 12.6. The highest BCUT2D eigenvalue weighted by Gasteiger charge is 2.25. The number of rotatable bonds is 14. The van der Waals surface area contributed by atoms with E-state index in [1.54, 1.807) is 0 Å². The molecule has 2 rings (SSSR count). The van der Waals surface area contributed by atoms with E-state index < -0.39 is 0 Å². The first-order chi connectivity index (χ1) is 17.6. The van der Waals surface area contributed by atoms with Gasteiger partial charge < -0.3 is 14.2 Å². The van der Waals surface area contributed by atoms with E-state index in [4.69, 9.17) is 14.2 Å².